The summed E-state index contributed by atoms with van der Waals surface area (Å²) in [4.78, 5) is 0. The number of rotatable bonds is 4. The van der Waals surface area contributed by atoms with Crippen molar-refractivity contribution in [3.63, 3.8) is 0 Å². The molecule has 3 aromatic rings. The fourth-order valence-electron chi connectivity index (χ4n) is 2.58. The largest absolute Gasteiger partial charge is 0.313 e. The molecule has 1 unspecified atom stereocenters. The number of benzene rings is 2. The molecule has 1 atom stereocenters. The molecule has 102 valence electrons. The molecule has 1 heterocycles. The van der Waals surface area contributed by atoms with E-state index in [9.17, 15) is 0 Å². The molecule has 0 aliphatic carbocycles. The van der Waals surface area contributed by atoms with Gasteiger partial charge in [0.25, 0.3) is 0 Å². The number of thiophene rings is 1. The minimum atomic E-state index is 0.376. The zero-order chi connectivity index (χ0) is 13.9. The number of nitrogens with one attached hydrogen (secondary N) is 1. The van der Waals surface area contributed by atoms with Gasteiger partial charge in [0.1, 0.15) is 0 Å². The maximum atomic E-state index is 3.45. The monoisotopic (exact) mass is 393 g/mol. The van der Waals surface area contributed by atoms with Crippen LogP contribution in [0, 0.1) is 2.88 Å². The Hall–Kier alpha value is -0.910. The Kier molecular flexibility index (Phi) is 4.38. The predicted molar refractivity (Wildman–Crippen MR) is 96.5 cm³/mol. The van der Waals surface area contributed by atoms with Gasteiger partial charge in [-0.2, -0.15) is 0 Å². The van der Waals surface area contributed by atoms with Crippen LogP contribution in [0.25, 0.3) is 10.8 Å². The third-order valence-electron chi connectivity index (χ3n) is 3.64. The SMILES string of the molecule is CNC(Cc1cccc2ccccc12)c1csc(I)c1. The van der Waals surface area contributed by atoms with Crippen molar-refractivity contribution in [3.05, 3.63) is 67.9 Å². The quantitative estimate of drug-likeness (QED) is 0.615. The molecule has 1 aromatic heterocycles. The van der Waals surface area contributed by atoms with Gasteiger partial charge >= 0.3 is 0 Å². The predicted octanol–water partition coefficient (Wildman–Crippen LogP) is 5.01. The first kappa shape index (κ1) is 14.0. The van der Waals surface area contributed by atoms with Crippen molar-refractivity contribution in [2.45, 2.75) is 12.5 Å². The summed E-state index contributed by atoms with van der Waals surface area (Å²) in [5.74, 6) is 0. The lowest BCUT2D eigenvalue weighted by molar-refractivity contribution is 0.596. The summed E-state index contributed by atoms with van der Waals surface area (Å²) in [6.07, 6.45) is 1.02. The molecule has 0 saturated heterocycles. The van der Waals surface area contributed by atoms with Crippen molar-refractivity contribution in [3.8, 4) is 0 Å². The molecular formula is C17H16INS. The lowest BCUT2D eigenvalue weighted by Gasteiger charge is -2.16. The van der Waals surface area contributed by atoms with E-state index in [0.717, 1.165) is 6.42 Å². The van der Waals surface area contributed by atoms with E-state index in [1.807, 2.05) is 18.4 Å². The van der Waals surface area contributed by atoms with Crippen LogP contribution in [0.1, 0.15) is 17.2 Å². The number of fused-ring (bicyclic) bond motifs is 1. The Morgan fingerprint density at radius 1 is 1.15 bits per heavy atom. The van der Waals surface area contributed by atoms with E-state index in [1.165, 1.54) is 24.8 Å². The standard InChI is InChI=1S/C17H16INS/c1-19-16(14-10-17(18)20-11-14)9-13-7-4-6-12-5-2-3-8-15(12)13/h2-8,10-11,16,19H,9H2,1H3. The maximum Gasteiger partial charge on any atom is 0.0656 e. The highest BCUT2D eigenvalue weighted by atomic mass is 127. The van der Waals surface area contributed by atoms with Crippen LogP contribution < -0.4 is 5.32 Å². The van der Waals surface area contributed by atoms with Crippen LogP contribution in [0.2, 0.25) is 0 Å². The van der Waals surface area contributed by atoms with E-state index in [1.54, 1.807) is 0 Å². The molecule has 0 fully saturated rings. The van der Waals surface area contributed by atoms with Gasteiger partial charge in [-0.05, 0) is 69.4 Å². The molecule has 0 aliphatic rings. The molecule has 3 rings (SSSR count). The van der Waals surface area contributed by atoms with Gasteiger partial charge in [0.05, 0.1) is 2.88 Å². The van der Waals surface area contributed by atoms with Gasteiger partial charge < -0.3 is 5.32 Å². The molecule has 0 aliphatic heterocycles. The van der Waals surface area contributed by atoms with Crippen molar-refractivity contribution in [1.29, 1.82) is 0 Å². The van der Waals surface area contributed by atoms with Gasteiger partial charge in [-0.3, -0.25) is 0 Å². The summed E-state index contributed by atoms with van der Waals surface area (Å²) < 4.78 is 1.34. The van der Waals surface area contributed by atoms with Gasteiger partial charge in [-0.15, -0.1) is 11.3 Å². The first-order valence-electron chi connectivity index (χ1n) is 6.66. The van der Waals surface area contributed by atoms with Crippen molar-refractivity contribution < 1.29 is 0 Å². The molecule has 1 N–H and O–H groups in total. The van der Waals surface area contributed by atoms with Crippen molar-refractivity contribution >= 4 is 44.7 Å². The average Bonchev–Trinajstić information content (AvgIpc) is 2.91. The van der Waals surface area contributed by atoms with Crippen LogP contribution >= 0.6 is 33.9 Å². The summed E-state index contributed by atoms with van der Waals surface area (Å²) in [5, 5.41) is 8.39. The Labute approximate surface area is 137 Å². The third-order valence-corrected chi connectivity index (χ3v) is 5.45. The minimum Gasteiger partial charge on any atom is -0.313 e. The highest BCUT2D eigenvalue weighted by molar-refractivity contribution is 14.1. The zero-order valence-corrected chi connectivity index (χ0v) is 14.2. The second-order valence-corrected chi connectivity index (χ2v) is 7.67. The molecule has 1 nitrogen and oxygen atoms in total. The fourth-order valence-corrected chi connectivity index (χ4v) is 4.01. The van der Waals surface area contributed by atoms with Crippen LogP contribution in [0.15, 0.2) is 53.9 Å². The molecule has 20 heavy (non-hydrogen) atoms. The fraction of sp³-hybridized carbons (Fsp3) is 0.176. The summed E-state index contributed by atoms with van der Waals surface area (Å²) in [7, 11) is 2.04. The van der Waals surface area contributed by atoms with Crippen LogP contribution in [-0.2, 0) is 6.42 Å². The second kappa shape index (κ2) is 6.24. The van der Waals surface area contributed by atoms with E-state index < -0.39 is 0 Å². The topological polar surface area (TPSA) is 12.0 Å². The normalized spacial score (nSPS) is 12.7. The van der Waals surface area contributed by atoms with Crippen molar-refractivity contribution in [2.75, 3.05) is 7.05 Å². The highest BCUT2D eigenvalue weighted by Crippen LogP contribution is 2.27. The lowest BCUT2D eigenvalue weighted by atomic mass is 9.96. The Morgan fingerprint density at radius 3 is 2.70 bits per heavy atom. The van der Waals surface area contributed by atoms with Gasteiger partial charge in [-0.1, -0.05) is 42.5 Å². The highest BCUT2D eigenvalue weighted by Gasteiger charge is 2.13. The first-order chi connectivity index (χ1) is 9.78. The van der Waals surface area contributed by atoms with E-state index in [4.69, 9.17) is 0 Å². The lowest BCUT2D eigenvalue weighted by Crippen LogP contribution is -2.18. The van der Waals surface area contributed by atoms with Crippen LogP contribution in [-0.4, -0.2) is 7.05 Å². The second-order valence-electron chi connectivity index (χ2n) is 4.87. The Bertz CT molecular complexity index is 714. The molecule has 0 saturated carbocycles. The summed E-state index contributed by atoms with van der Waals surface area (Å²) in [5.41, 5.74) is 2.79. The van der Waals surface area contributed by atoms with E-state index >= 15 is 0 Å². The molecule has 0 bridgehead atoms. The molecule has 0 spiro atoms. The van der Waals surface area contributed by atoms with Gasteiger partial charge in [0.2, 0.25) is 0 Å². The van der Waals surface area contributed by atoms with E-state index in [-0.39, 0.29) is 0 Å². The van der Waals surface area contributed by atoms with E-state index in [2.05, 4.69) is 81.8 Å². The maximum absolute atomic E-state index is 3.45. The minimum absolute atomic E-state index is 0.376. The smallest absolute Gasteiger partial charge is 0.0656 e. The average molecular weight is 393 g/mol. The molecule has 2 aromatic carbocycles. The van der Waals surface area contributed by atoms with Gasteiger partial charge in [0.15, 0.2) is 0 Å². The van der Waals surface area contributed by atoms with Crippen LogP contribution in [0.5, 0.6) is 0 Å². The Balaban J connectivity index is 1.95. The van der Waals surface area contributed by atoms with Crippen LogP contribution in [0.4, 0.5) is 0 Å². The molecule has 3 heteroatoms. The van der Waals surface area contributed by atoms with Crippen LogP contribution in [0.3, 0.4) is 0 Å². The first-order valence-corrected chi connectivity index (χ1v) is 8.61. The zero-order valence-electron chi connectivity index (χ0n) is 11.3. The third kappa shape index (κ3) is 2.90. The number of hydrogen-bond donors (Lipinski definition) is 1. The summed E-state index contributed by atoms with van der Waals surface area (Å²) in [6, 6.07) is 17.8. The van der Waals surface area contributed by atoms with Gasteiger partial charge in [-0.25, -0.2) is 0 Å². The Morgan fingerprint density at radius 2 is 1.95 bits per heavy atom. The molecule has 0 radical (unpaired) electrons. The molecular weight excluding hydrogens is 377 g/mol. The molecule has 0 amide bonds. The van der Waals surface area contributed by atoms with E-state index in [0.29, 0.717) is 6.04 Å². The number of halogens is 1. The number of likely N-dealkylation sites (N-methyl/N-ethyl adjacent to an activating group) is 1. The van der Waals surface area contributed by atoms with Gasteiger partial charge in [0, 0.05) is 6.04 Å². The van der Waals surface area contributed by atoms with Crippen molar-refractivity contribution in [1.82, 2.24) is 5.32 Å². The number of hydrogen-bond acceptors (Lipinski definition) is 2. The summed E-state index contributed by atoms with van der Waals surface area (Å²) >= 11 is 4.20. The summed E-state index contributed by atoms with van der Waals surface area (Å²) in [6.45, 7) is 0. The van der Waals surface area contributed by atoms with Crippen molar-refractivity contribution in [2.24, 2.45) is 0 Å².